The zero-order valence-corrected chi connectivity index (χ0v) is 10.1. The predicted molar refractivity (Wildman–Crippen MR) is 64.1 cm³/mol. The number of aliphatic hydroxyl groups excluding tert-OH is 1. The number of aryl methyl sites for hydroxylation is 1. The van der Waals surface area contributed by atoms with Gasteiger partial charge in [0.25, 0.3) is 0 Å². The Kier molecular flexibility index (Phi) is 3.54. The third-order valence-electron chi connectivity index (χ3n) is 2.51. The topological polar surface area (TPSA) is 20.2 Å². The van der Waals surface area contributed by atoms with Crippen LogP contribution < -0.4 is 0 Å². The van der Waals surface area contributed by atoms with Crippen LogP contribution in [0.25, 0.3) is 0 Å². The summed E-state index contributed by atoms with van der Waals surface area (Å²) in [7, 11) is 0. The van der Waals surface area contributed by atoms with Gasteiger partial charge in [0, 0.05) is 16.2 Å². The highest BCUT2D eigenvalue weighted by Gasteiger charge is 2.13. The van der Waals surface area contributed by atoms with Gasteiger partial charge in [-0.1, -0.05) is 0 Å². The van der Waals surface area contributed by atoms with E-state index in [1.165, 1.54) is 11.3 Å². The highest BCUT2D eigenvalue weighted by Crippen LogP contribution is 2.26. The van der Waals surface area contributed by atoms with Crippen molar-refractivity contribution in [2.45, 2.75) is 19.4 Å². The summed E-state index contributed by atoms with van der Waals surface area (Å²) in [4.78, 5) is 1.85. The molecule has 0 aliphatic carbocycles. The number of thiophene rings is 1. The minimum Gasteiger partial charge on any atom is -0.387 e. The average Bonchev–Trinajstić information content (AvgIpc) is 2.70. The van der Waals surface area contributed by atoms with Crippen LogP contribution in [0.2, 0.25) is 0 Å². The molecule has 1 atom stereocenters. The van der Waals surface area contributed by atoms with Crippen molar-refractivity contribution in [3.63, 3.8) is 0 Å². The fraction of sp³-hybridized carbons (Fsp3) is 0.231. The molecule has 0 fully saturated rings. The molecule has 17 heavy (non-hydrogen) atoms. The molecular formula is C13H12F2OS. The number of aliphatic hydroxyl groups is 1. The van der Waals surface area contributed by atoms with Gasteiger partial charge in [0.2, 0.25) is 0 Å². The Labute approximate surface area is 102 Å². The van der Waals surface area contributed by atoms with Crippen molar-refractivity contribution in [3.8, 4) is 0 Å². The normalized spacial score (nSPS) is 12.7. The summed E-state index contributed by atoms with van der Waals surface area (Å²) in [6.07, 6.45) is -0.700. The molecule has 2 rings (SSSR count). The van der Waals surface area contributed by atoms with Crippen LogP contribution in [0.1, 0.15) is 21.4 Å². The predicted octanol–water partition coefficient (Wildman–Crippen LogP) is 3.61. The van der Waals surface area contributed by atoms with Gasteiger partial charge in [-0.05, 0) is 42.8 Å². The van der Waals surface area contributed by atoms with Crippen LogP contribution in [-0.4, -0.2) is 5.11 Å². The lowest BCUT2D eigenvalue weighted by Crippen LogP contribution is -2.02. The number of rotatable bonds is 3. The first-order valence-electron chi connectivity index (χ1n) is 5.24. The molecular weight excluding hydrogens is 242 g/mol. The van der Waals surface area contributed by atoms with Crippen molar-refractivity contribution in [1.82, 2.24) is 0 Å². The molecule has 0 spiro atoms. The Balaban J connectivity index is 2.18. The lowest BCUT2D eigenvalue weighted by molar-refractivity contribution is 0.181. The molecule has 0 aliphatic rings. The second-order valence-electron chi connectivity index (χ2n) is 3.90. The lowest BCUT2D eigenvalue weighted by Gasteiger charge is -2.09. The number of hydrogen-bond acceptors (Lipinski definition) is 2. The van der Waals surface area contributed by atoms with Crippen LogP contribution in [0.3, 0.4) is 0 Å². The second kappa shape index (κ2) is 4.94. The van der Waals surface area contributed by atoms with Gasteiger partial charge in [0.1, 0.15) is 11.6 Å². The molecule has 2 aromatic rings. The fourth-order valence-electron chi connectivity index (χ4n) is 1.64. The van der Waals surface area contributed by atoms with E-state index in [1.54, 1.807) is 0 Å². The quantitative estimate of drug-likeness (QED) is 0.887. The van der Waals surface area contributed by atoms with Crippen molar-refractivity contribution < 1.29 is 13.9 Å². The molecule has 90 valence electrons. The summed E-state index contributed by atoms with van der Waals surface area (Å²) in [6.45, 7) is 1.93. The van der Waals surface area contributed by atoms with E-state index >= 15 is 0 Å². The van der Waals surface area contributed by atoms with Crippen LogP contribution in [0, 0.1) is 18.6 Å². The highest BCUT2D eigenvalue weighted by molar-refractivity contribution is 7.12. The van der Waals surface area contributed by atoms with Gasteiger partial charge in [-0.25, -0.2) is 8.78 Å². The largest absolute Gasteiger partial charge is 0.387 e. The number of hydrogen-bond donors (Lipinski definition) is 1. The van der Waals surface area contributed by atoms with Crippen molar-refractivity contribution >= 4 is 11.3 Å². The maximum Gasteiger partial charge on any atom is 0.126 e. The second-order valence-corrected chi connectivity index (χ2v) is 5.22. The van der Waals surface area contributed by atoms with Crippen LogP contribution >= 0.6 is 11.3 Å². The maximum absolute atomic E-state index is 13.4. The van der Waals surface area contributed by atoms with E-state index < -0.39 is 17.7 Å². The standard InChI is InChI=1S/C13H12F2OS/c1-8-2-5-13(17-8)12(16)7-9-6-10(14)3-4-11(9)15/h2-6,12,16H,7H2,1H3. The lowest BCUT2D eigenvalue weighted by atomic mass is 10.1. The van der Waals surface area contributed by atoms with Gasteiger partial charge in [-0.3, -0.25) is 0 Å². The van der Waals surface area contributed by atoms with Gasteiger partial charge >= 0.3 is 0 Å². The van der Waals surface area contributed by atoms with Gasteiger partial charge in [0.05, 0.1) is 6.10 Å². The molecule has 0 amide bonds. The van der Waals surface area contributed by atoms with Crippen molar-refractivity contribution in [2.24, 2.45) is 0 Å². The molecule has 1 aromatic carbocycles. The van der Waals surface area contributed by atoms with Crippen molar-refractivity contribution in [2.75, 3.05) is 0 Å². The van der Waals surface area contributed by atoms with Gasteiger partial charge in [-0.2, -0.15) is 0 Å². The first kappa shape index (κ1) is 12.2. The molecule has 0 aliphatic heterocycles. The average molecular weight is 254 g/mol. The summed E-state index contributed by atoms with van der Waals surface area (Å²) in [5.74, 6) is -0.977. The molecule has 1 heterocycles. The van der Waals surface area contributed by atoms with Crippen LogP contribution in [0.4, 0.5) is 8.78 Å². The summed E-state index contributed by atoms with van der Waals surface area (Å²) in [5, 5.41) is 9.92. The molecule has 4 heteroatoms. The number of halogens is 2. The summed E-state index contributed by atoms with van der Waals surface area (Å²) < 4.78 is 26.3. The van der Waals surface area contributed by atoms with Gasteiger partial charge in [0.15, 0.2) is 0 Å². The first-order chi connectivity index (χ1) is 8.06. The Morgan fingerprint density at radius 3 is 2.65 bits per heavy atom. The Hall–Kier alpha value is -1.26. The van der Waals surface area contributed by atoms with Gasteiger partial charge in [-0.15, -0.1) is 11.3 Å². The zero-order chi connectivity index (χ0) is 12.4. The Bertz CT molecular complexity index is 522. The van der Waals surface area contributed by atoms with E-state index in [-0.39, 0.29) is 12.0 Å². The van der Waals surface area contributed by atoms with Crippen LogP contribution in [-0.2, 0) is 6.42 Å². The van der Waals surface area contributed by atoms with Crippen LogP contribution in [0.5, 0.6) is 0 Å². The first-order valence-corrected chi connectivity index (χ1v) is 6.06. The zero-order valence-electron chi connectivity index (χ0n) is 9.28. The smallest absolute Gasteiger partial charge is 0.126 e. The highest BCUT2D eigenvalue weighted by atomic mass is 32.1. The number of benzene rings is 1. The molecule has 1 aromatic heterocycles. The minimum absolute atomic E-state index is 0.0869. The van der Waals surface area contributed by atoms with E-state index in [2.05, 4.69) is 0 Å². The minimum atomic E-state index is -0.787. The Morgan fingerprint density at radius 1 is 1.24 bits per heavy atom. The Morgan fingerprint density at radius 2 is 2.00 bits per heavy atom. The summed E-state index contributed by atoms with van der Waals surface area (Å²) in [5.41, 5.74) is 0.198. The maximum atomic E-state index is 13.4. The summed E-state index contributed by atoms with van der Waals surface area (Å²) >= 11 is 1.46. The van der Waals surface area contributed by atoms with E-state index in [4.69, 9.17) is 0 Å². The molecule has 1 nitrogen and oxygen atoms in total. The van der Waals surface area contributed by atoms with E-state index in [9.17, 15) is 13.9 Å². The molecule has 0 saturated heterocycles. The van der Waals surface area contributed by atoms with E-state index in [1.807, 2.05) is 19.1 Å². The molecule has 1 N–H and O–H groups in total. The summed E-state index contributed by atoms with van der Waals surface area (Å²) in [6, 6.07) is 6.98. The third-order valence-corrected chi connectivity index (χ3v) is 3.61. The van der Waals surface area contributed by atoms with Crippen LogP contribution in [0.15, 0.2) is 30.3 Å². The molecule has 0 radical (unpaired) electrons. The molecule has 1 unspecified atom stereocenters. The molecule has 0 saturated carbocycles. The SMILES string of the molecule is Cc1ccc(C(O)Cc2cc(F)ccc2F)s1. The van der Waals surface area contributed by atoms with E-state index in [0.29, 0.717) is 0 Å². The van der Waals surface area contributed by atoms with E-state index in [0.717, 1.165) is 28.0 Å². The molecule has 0 bridgehead atoms. The third kappa shape index (κ3) is 2.90. The van der Waals surface area contributed by atoms with Crippen molar-refractivity contribution in [1.29, 1.82) is 0 Å². The fourth-order valence-corrected chi connectivity index (χ4v) is 2.50. The van der Waals surface area contributed by atoms with Crippen molar-refractivity contribution in [3.05, 3.63) is 57.3 Å². The monoisotopic (exact) mass is 254 g/mol. The van der Waals surface area contributed by atoms with Gasteiger partial charge < -0.3 is 5.11 Å².